The first-order chi connectivity index (χ1) is 8.86. The van der Waals surface area contributed by atoms with Crippen LogP contribution >= 0.6 is 0 Å². The average Bonchev–Trinajstić information content (AvgIpc) is 2.65. The minimum absolute atomic E-state index is 1.05. The average molecular weight is 234 g/mol. The molecule has 0 amide bonds. The molecule has 0 spiro atoms. The van der Waals surface area contributed by atoms with E-state index in [0.29, 0.717) is 0 Å². The molecule has 0 N–H and O–H groups in total. The third-order valence-electron chi connectivity index (χ3n) is 2.80. The Labute approximate surface area is 109 Å². The number of aryl methyl sites for hydroxylation is 1. The second kappa shape index (κ2) is 6.61. The number of rotatable bonds is 0. The van der Waals surface area contributed by atoms with Crippen LogP contribution in [0, 0.1) is 6.92 Å². The lowest BCUT2D eigenvalue weighted by Crippen LogP contribution is -1.76. The van der Waals surface area contributed by atoms with Crippen molar-refractivity contribution in [3.8, 4) is 0 Å². The van der Waals surface area contributed by atoms with E-state index in [1.807, 2.05) is 18.2 Å². The van der Waals surface area contributed by atoms with Crippen LogP contribution in [-0.4, -0.2) is 0 Å². The molecule has 0 bridgehead atoms. The normalized spacial score (nSPS) is 12.1. The standard InChI is InChI=1S/C11H10.C7H8/c1-2-6-10-8-4-5-9-11(10)7-3-1;1-7-5-3-2-4-6-7/h2-9H,1H2;2-6H,1H3. The minimum Gasteiger partial charge on any atom is -0.0801 e. The Hall–Kier alpha value is -2.08. The smallest absolute Gasteiger partial charge is 0.0162 e. The van der Waals surface area contributed by atoms with Crippen LogP contribution in [0.4, 0.5) is 0 Å². The molecule has 0 saturated carbocycles. The fourth-order valence-corrected chi connectivity index (χ4v) is 1.82. The van der Waals surface area contributed by atoms with Gasteiger partial charge in [0.1, 0.15) is 0 Å². The molecule has 2 aromatic rings. The monoisotopic (exact) mass is 234 g/mol. The van der Waals surface area contributed by atoms with Crippen LogP contribution in [-0.2, 0) is 0 Å². The SMILES string of the molecule is C1=Cc2ccccc2C=CC1.Cc1ccccc1. The Morgan fingerprint density at radius 3 is 1.61 bits per heavy atom. The summed E-state index contributed by atoms with van der Waals surface area (Å²) >= 11 is 0. The molecule has 0 saturated heterocycles. The predicted molar refractivity (Wildman–Crippen MR) is 80.3 cm³/mol. The van der Waals surface area contributed by atoms with Gasteiger partial charge in [-0.3, -0.25) is 0 Å². The lowest BCUT2D eigenvalue weighted by molar-refractivity contribution is 1.44. The first-order valence-corrected chi connectivity index (χ1v) is 6.30. The maximum Gasteiger partial charge on any atom is -0.0162 e. The third-order valence-corrected chi connectivity index (χ3v) is 2.80. The fourth-order valence-electron chi connectivity index (χ4n) is 1.82. The highest BCUT2D eigenvalue weighted by Crippen LogP contribution is 2.15. The highest BCUT2D eigenvalue weighted by atomic mass is 14.0. The molecule has 3 rings (SSSR count). The number of allylic oxidation sites excluding steroid dienone is 2. The zero-order valence-corrected chi connectivity index (χ0v) is 10.7. The Balaban J connectivity index is 0.000000149. The van der Waals surface area contributed by atoms with Crippen molar-refractivity contribution < 1.29 is 0 Å². The number of benzene rings is 2. The molecule has 0 heteroatoms. The van der Waals surface area contributed by atoms with Gasteiger partial charge < -0.3 is 0 Å². The molecule has 0 atom stereocenters. The van der Waals surface area contributed by atoms with E-state index < -0.39 is 0 Å². The van der Waals surface area contributed by atoms with E-state index in [-0.39, 0.29) is 0 Å². The zero-order valence-electron chi connectivity index (χ0n) is 10.7. The summed E-state index contributed by atoms with van der Waals surface area (Å²) in [7, 11) is 0. The first kappa shape index (κ1) is 12.4. The van der Waals surface area contributed by atoms with Gasteiger partial charge >= 0.3 is 0 Å². The zero-order chi connectivity index (χ0) is 12.6. The maximum absolute atomic E-state index is 2.18. The molecular weight excluding hydrogens is 216 g/mol. The minimum atomic E-state index is 1.05. The number of fused-ring (bicyclic) bond motifs is 1. The maximum atomic E-state index is 2.18. The molecule has 2 aromatic carbocycles. The molecule has 0 unspecified atom stereocenters. The van der Waals surface area contributed by atoms with Crippen molar-refractivity contribution >= 4 is 12.2 Å². The molecule has 1 aliphatic rings. The van der Waals surface area contributed by atoms with Gasteiger partial charge in [-0.1, -0.05) is 84.5 Å². The van der Waals surface area contributed by atoms with Crippen molar-refractivity contribution in [1.29, 1.82) is 0 Å². The first-order valence-electron chi connectivity index (χ1n) is 6.30. The van der Waals surface area contributed by atoms with Gasteiger partial charge in [-0.25, -0.2) is 0 Å². The molecule has 0 aliphatic heterocycles. The fraction of sp³-hybridized carbons (Fsp3) is 0.111. The third kappa shape index (κ3) is 3.74. The second-order valence-corrected chi connectivity index (χ2v) is 4.32. The van der Waals surface area contributed by atoms with E-state index in [9.17, 15) is 0 Å². The van der Waals surface area contributed by atoms with Crippen LogP contribution in [0.3, 0.4) is 0 Å². The van der Waals surface area contributed by atoms with E-state index in [0.717, 1.165) is 6.42 Å². The van der Waals surface area contributed by atoms with E-state index in [1.165, 1.54) is 16.7 Å². The topological polar surface area (TPSA) is 0 Å². The van der Waals surface area contributed by atoms with Gasteiger partial charge in [0.05, 0.1) is 0 Å². The summed E-state index contributed by atoms with van der Waals surface area (Å²) in [5, 5.41) is 0. The van der Waals surface area contributed by atoms with E-state index in [1.54, 1.807) is 0 Å². The van der Waals surface area contributed by atoms with Crippen LogP contribution in [0.1, 0.15) is 23.1 Å². The molecule has 18 heavy (non-hydrogen) atoms. The summed E-state index contributed by atoms with van der Waals surface area (Å²) in [6.07, 6.45) is 9.77. The quantitative estimate of drug-likeness (QED) is 0.594. The van der Waals surface area contributed by atoms with Gasteiger partial charge in [-0.2, -0.15) is 0 Å². The summed E-state index contributed by atoms with van der Waals surface area (Å²) in [5.74, 6) is 0. The molecule has 0 radical (unpaired) electrons. The Kier molecular flexibility index (Phi) is 4.54. The highest BCUT2D eigenvalue weighted by Gasteiger charge is 1.94. The van der Waals surface area contributed by atoms with E-state index in [2.05, 4.69) is 67.6 Å². The van der Waals surface area contributed by atoms with Crippen LogP contribution in [0.25, 0.3) is 12.2 Å². The summed E-state index contributed by atoms with van der Waals surface area (Å²) in [6, 6.07) is 18.7. The summed E-state index contributed by atoms with van der Waals surface area (Å²) in [6.45, 7) is 2.08. The second-order valence-electron chi connectivity index (χ2n) is 4.32. The van der Waals surface area contributed by atoms with Gasteiger partial charge in [-0.05, 0) is 24.5 Å². The number of hydrogen-bond acceptors (Lipinski definition) is 0. The van der Waals surface area contributed by atoms with Crippen molar-refractivity contribution in [1.82, 2.24) is 0 Å². The molecule has 0 fully saturated rings. The van der Waals surface area contributed by atoms with Crippen molar-refractivity contribution in [3.63, 3.8) is 0 Å². The molecule has 0 aromatic heterocycles. The van der Waals surface area contributed by atoms with E-state index >= 15 is 0 Å². The molecule has 0 heterocycles. The van der Waals surface area contributed by atoms with Gasteiger partial charge in [0.15, 0.2) is 0 Å². The van der Waals surface area contributed by atoms with Gasteiger partial charge in [0.25, 0.3) is 0 Å². The van der Waals surface area contributed by atoms with Crippen molar-refractivity contribution in [2.75, 3.05) is 0 Å². The van der Waals surface area contributed by atoms with Crippen molar-refractivity contribution in [3.05, 3.63) is 83.4 Å². The molecule has 90 valence electrons. The van der Waals surface area contributed by atoms with E-state index in [4.69, 9.17) is 0 Å². The lowest BCUT2D eigenvalue weighted by Gasteiger charge is -1.96. The number of hydrogen-bond donors (Lipinski definition) is 0. The summed E-state index contributed by atoms with van der Waals surface area (Å²) in [5.41, 5.74) is 3.96. The predicted octanol–water partition coefficient (Wildman–Crippen LogP) is 5.11. The van der Waals surface area contributed by atoms with Crippen LogP contribution in [0.15, 0.2) is 66.7 Å². The summed E-state index contributed by atoms with van der Waals surface area (Å²) < 4.78 is 0. The van der Waals surface area contributed by atoms with Gasteiger partial charge in [-0.15, -0.1) is 0 Å². The van der Waals surface area contributed by atoms with Crippen molar-refractivity contribution in [2.45, 2.75) is 13.3 Å². The van der Waals surface area contributed by atoms with Crippen LogP contribution < -0.4 is 0 Å². The largest absolute Gasteiger partial charge is 0.0801 e. The van der Waals surface area contributed by atoms with Crippen LogP contribution in [0.2, 0.25) is 0 Å². The molecular formula is C18H18. The van der Waals surface area contributed by atoms with Gasteiger partial charge in [0, 0.05) is 0 Å². The van der Waals surface area contributed by atoms with Crippen LogP contribution in [0.5, 0.6) is 0 Å². The summed E-state index contributed by atoms with van der Waals surface area (Å²) in [4.78, 5) is 0. The Morgan fingerprint density at radius 2 is 1.17 bits per heavy atom. The Bertz CT molecular complexity index is 502. The lowest BCUT2D eigenvalue weighted by atomic mass is 10.1. The van der Waals surface area contributed by atoms with Gasteiger partial charge in [0.2, 0.25) is 0 Å². The molecule has 0 nitrogen and oxygen atoms in total. The molecule has 1 aliphatic carbocycles. The Morgan fingerprint density at radius 1 is 0.667 bits per heavy atom. The highest BCUT2D eigenvalue weighted by molar-refractivity contribution is 5.67. The van der Waals surface area contributed by atoms with Crippen molar-refractivity contribution in [2.24, 2.45) is 0 Å².